The van der Waals surface area contributed by atoms with Gasteiger partial charge < -0.3 is 0 Å². The predicted octanol–water partition coefficient (Wildman–Crippen LogP) is 8.47. The van der Waals surface area contributed by atoms with Crippen molar-refractivity contribution in [3.63, 3.8) is 0 Å². The van der Waals surface area contributed by atoms with E-state index in [4.69, 9.17) is 15.4 Å². The van der Waals surface area contributed by atoms with Gasteiger partial charge >= 0.3 is 0 Å². The summed E-state index contributed by atoms with van der Waals surface area (Å²) in [5.41, 5.74) is 6.69. The second kappa shape index (κ2) is 9.12. The van der Waals surface area contributed by atoms with Gasteiger partial charge in [0, 0.05) is 21.5 Å². The number of benzene rings is 6. The lowest BCUT2D eigenvalue weighted by atomic mass is 10.00. The van der Waals surface area contributed by atoms with Crippen molar-refractivity contribution in [1.82, 2.24) is 9.97 Å². The zero-order valence-electron chi connectivity index (χ0n) is 23.3. The predicted molar refractivity (Wildman–Crippen MR) is 177 cm³/mol. The topological polar surface area (TPSA) is 85.8 Å². The number of hydrogen-bond acceptors (Lipinski definition) is 5. The zero-order chi connectivity index (χ0) is 29.4. The second-order valence-corrected chi connectivity index (χ2v) is 11.2. The smallest absolute Gasteiger partial charge is 0.206 e. The number of fused-ring (bicyclic) bond motifs is 8. The van der Waals surface area contributed by atoms with E-state index in [1.54, 1.807) is 0 Å². The molecule has 9 rings (SSSR count). The number of nitrogens with one attached hydrogen (secondary N) is 1. The molecule has 0 amide bonds. The van der Waals surface area contributed by atoms with Crippen molar-refractivity contribution in [3.8, 4) is 28.4 Å². The Morgan fingerprint density at radius 2 is 0.955 bits per heavy atom. The van der Waals surface area contributed by atoms with Crippen LogP contribution < -0.4 is 10.7 Å². The van der Waals surface area contributed by atoms with Crippen LogP contribution in [0.3, 0.4) is 0 Å². The monoisotopic (exact) mass is 559 g/mol. The molecule has 44 heavy (non-hydrogen) atoms. The molecule has 0 aliphatic rings. The number of aromatic nitrogens is 2. The zero-order valence-corrected chi connectivity index (χ0v) is 23.3. The van der Waals surface area contributed by atoms with Crippen molar-refractivity contribution in [3.05, 3.63) is 132 Å². The van der Waals surface area contributed by atoms with Crippen molar-refractivity contribution < 1.29 is 0 Å². The SMILES string of the molecule is N#CN=c1c2cc(-c3ccc4ccccc4c3)ccc2c2nc3c(=N)c4cc(-c5ccc6ccccc6c5)ccc4c3nc12. The van der Waals surface area contributed by atoms with Gasteiger partial charge in [0.1, 0.15) is 16.4 Å². The van der Waals surface area contributed by atoms with Crippen LogP contribution in [0.2, 0.25) is 0 Å². The van der Waals surface area contributed by atoms with Crippen LogP contribution in [0, 0.1) is 16.9 Å². The van der Waals surface area contributed by atoms with Crippen LogP contribution in [0.15, 0.2) is 126 Å². The summed E-state index contributed by atoms with van der Waals surface area (Å²) in [6, 6.07) is 41.8. The van der Waals surface area contributed by atoms with Gasteiger partial charge in [-0.25, -0.2) is 9.97 Å². The highest BCUT2D eigenvalue weighted by molar-refractivity contribution is 6.15. The van der Waals surface area contributed by atoms with Gasteiger partial charge in [-0.15, -0.1) is 0 Å². The van der Waals surface area contributed by atoms with Crippen molar-refractivity contribution in [2.45, 2.75) is 0 Å². The quantitative estimate of drug-likeness (QED) is 0.216. The van der Waals surface area contributed by atoms with E-state index < -0.39 is 0 Å². The molecule has 0 fully saturated rings. The van der Waals surface area contributed by atoms with Gasteiger partial charge in [0.15, 0.2) is 0 Å². The third-order valence-corrected chi connectivity index (χ3v) is 8.76. The molecule has 0 radical (unpaired) electrons. The summed E-state index contributed by atoms with van der Waals surface area (Å²) in [5, 5.41) is 27.7. The average Bonchev–Trinajstić information content (AvgIpc) is 3.53. The highest BCUT2D eigenvalue weighted by Crippen LogP contribution is 2.33. The van der Waals surface area contributed by atoms with Gasteiger partial charge in [0.25, 0.3) is 0 Å². The molecule has 1 heterocycles. The van der Waals surface area contributed by atoms with Crippen LogP contribution in [-0.4, -0.2) is 9.97 Å². The van der Waals surface area contributed by atoms with E-state index in [1.165, 1.54) is 21.5 Å². The van der Waals surface area contributed by atoms with Crippen LogP contribution in [0.5, 0.6) is 0 Å². The van der Waals surface area contributed by atoms with Gasteiger partial charge in [0.05, 0.1) is 16.4 Å². The Bertz CT molecular complexity index is 2810. The summed E-state index contributed by atoms with van der Waals surface area (Å²) in [6.45, 7) is 0. The van der Waals surface area contributed by atoms with Crippen LogP contribution in [0.25, 0.3) is 87.4 Å². The molecular weight excluding hydrogens is 538 g/mol. The summed E-state index contributed by atoms with van der Waals surface area (Å²) in [5.74, 6) is 0. The highest BCUT2D eigenvalue weighted by atomic mass is 14.8. The van der Waals surface area contributed by atoms with Crippen LogP contribution in [0.1, 0.15) is 0 Å². The molecule has 0 saturated carbocycles. The molecule has 0 aliphatic carbocycles. The number of hydrogen-bond donors (Lipinski definition) is 1. The molecule has 1 N–H and O–H groups in total. The van der Waals surface area contributed by atoms with E-state index >= 15 is 0 Å². The molecule has 8 aromatic carbocycles. The van der Waals surface area contributed by atoms with E-state index in [0.717, 1.165) is 43.8 Å². The van der Waals surface area contributed by atoms with Crippen LogP contribution >= 0.6 is 0 Å². The lowest BCUT2D eigenvalue weighted by molar-refractivity contribution is 1.30. The lowest BCUT2D eigenvalue weighted by Crippen LogP contribution is -2.02. The highest BCUT2D eigenvalue weighted by Gasteiger charge is 2.18. The Kier molecular flexibility index (Phi) is 5.05. The molecular formula is C39H21N5. The largest absolute Gasteiger partial charge is 0.298 e. The Hall–Kier alpha value is -6.25. The molecule has 0 bridgehead atoms. The lowest BCUT2D eigenvalue weighted by Gasteiger charge is -2.05. The fourth-order valence-corrected chi connectivity index (χ4v) is 6.57. The molecule has 0 aliphatic heterocycles. The van der Waals surface area contributed by atoms with Crippen molar-refractivity contribution in [2.24, 2.45) is 4.99 Å². The maximum atomic E-state index is 9.66. The first-order valence-corrected chi connectivity index (χ1v) is 14.4. The minimum absolute atomic E-state index is 0.355. The first-order valence-electron chi connectivity index (χ1n) is 14.4. The third kappa shape index (κ3) is 3.52. The molecule has 0 saturated heterocycles. The Morgan fingerprint density at radius 3 is 1.57 bits per heavy atom. The van der Waals surface area contributed by atoms with Crippen molar-refractivity contribution in [2.75, 3.05) is 0 Å². The fourth-order valence-electron chi connectivity index (χ4n) is 6.57. The Balaban J connectivity index is 1.25. The summed E-state index contributed by atoms with van der Waals surface area (Å²) in [4.78, 5) is 14.3. The van der Waals surface area contributed by atoms with Gasteiger partial charge in [-0.2, -0.15) is 10.3 Å². The van der Waals surface area contributed by atoms with E-state index in [1.807, 2.05) is 42.6 Å². The normalized spacial score (nSPS) is 12.3. The van der Waals surface area contributed by atoms with Crippen LogP contribution in [0.4, 0.5) is 0 Å². The summed E-state index contributed by atoms with van der Waals surface area (Å²) in [7, 11) is 0. The maximum Gasteiger partial charge on any atom is 0.206 e. The fraction of sp³-hybridized carbons (Fsp3) is 0. The maximum absolute atomic E-state index is 9.66. The number of nitriles is 1. The van der Waals surface area contributed by atoms with Gasteiger partial charge in [0.2, 0.25) is 6.19 Å². The van der Waals surface area contributed by atoms with E-state index in [-0.39, 0.29) is 0 Å². The molecule has 9 aromatic rings. The first kappa shape index (κ1) is 24.4. The van der Waals surface area contributed by atoms with Gasteiger partial charge in [-0.3, -0.25) is 5.41 Å². The van der Waals surface area contributed by atoms with Crippen molar-refractivity contribution in [1.29, 1.82) is 10.7 Å². The van der Waals surface area contributed by atoms with Crippen LogP contribution in [-0.2, 0) is 0 Å². The molecule has 5 nitrogen and oxygen atoms in total. The molecule has 5 heteroatoms. The standard InChI is InChI=1S/C39H21N5/c40-21-42-35-33-20-29(27-12-10-23-6-2-4-8-25(23)18-27)14-16-31(33)37-39(35)44-36-30-15-13-28(19-32(30)34(41)38(36)43-37)26-11-9-22-5-1-3-7-24(22)17-26/h1-20,41H. The van der Waals surface area contributed by atoms with E-state index in [0.29, 0.717) is 32.8 Å². The minimum atomic E-state index is 0.355. The van der Waals surface area contributed by atoms with E-state index in [9.17, 15) is 5.26 Å². The number of nitrogens with zero attached hydrogens (tertiary/aromatic N) is 4. The Morgan fingerprint density at radius 1 is 0.477 bits per heavy atom. The Labute approximate surface area is 250 Å². The molecule has 202 valence electrons. The second-order valence-electron chi connectivity index (χ2n) is 11.2. The van der Waals surface area contributed by atoms with Crippen molar-refractivity contribution >= 4 is 65.2 Å². The van der Waals surface area contributed by atoms with Gasteiger partial charge in [-0.05, 0) is 68.1 Å². The summed E-state index contributed by atoms with van der Waals surface area (Å²) < 4.78 is 0. The minimum Gasteiger partial charge on any atom is -0.298 e. The summed E-state index contributed by atoms with van der Waals surface area (Å²) >= 11 is 0. The third-order valence-electron chi connectivity index (χ3n) is 8.76. The number of rotatable bonds is 2. The average molecular weight is 560 g/mol. The summed E-state index contributed by atoms with van der Waals surface area (Å²) in [6.07, 6.45) is 1.99. The van der Waals surface area contributed by atoms with E-state index in [2.05, 4.69) is 89.9 Å². The first-order chi connectivity index (χ1) is 21.7. The molecule has 0 spiro atoms. The molecule has 1 aromatic heterocycles. The molecule has 0 atom stereocenters. The molecule has 0 unspecified atom stereocenters. The van der Waals surface area contributed by atoms with Gasteiger partial charge in [-0.1, -0.05) is 97.1 Å².